The predicted octanol–water partition coefficient (Wildman–Crippen LogP) is 5.60. The van der Waals surface area contributed by atoms with Crippen molar-refractivity contribution in [2.45, 2.75) is 33.1 Å². The van der Waals surface area contributed by atoms with E-state index in [1.54, 1.807) is 13.8 Å². The SMILES string of the molecule is CCOC(=O)c1c(NC(=O)CC(c2ccccc2)c2ccccc2)sc(C(C)=O)c1C. The monoisotopic (exact) mass is 435 g/mol. The lowest BCUT2D eigenvalue weighted by Crippen LogP contribution is -2.18. The number of rotatable bonds is 8. The Morgan fingerprint density at radius 1 is 0.968 bits per heavy atom. The Bertz CT molecular complexity index is 1030. The molecule has 0 spiro atoms. The van der Waals surface area contributed by atoms with Gasteiger partial charge in [0.05, 0.1) is 17.0 Å². The van der Waals surface area contributed by atoms with Gasteiger partial charge in [-0.3, -0.25) is 9.59 Å². The summed E-state index contributed by atoms with van der Waals surface area (Å²) in [5, 5.41) is 3.22. The Kier molecular flexibility index (Phi) is 7.36. The van der Waals surface area contributed by atoms with Gasteiger partial charge in [-0.2, -0.15) is 0 Å². The number of hydrogen-bond acceptors (Lipinski definition) is 5. The number of carbonyl (C=O) groups is 3. The van der Waals surface area contributed by atoms with Crippen LogP contribution in [0.2, 0.25) is 0 Å². The van der Waals surface area contributed by atoms with Crippen LogP contribution in [0.1, 0.15) is 62.9 Å². The van der Waals surface area contributed by atoms with Crippen LogP contribution in [0.3, 0.4) is 0 Å². The Labute approximate surface area is 186 Å². The van der Waals surface area contributed by atoms with E-state index in [0.717, 1.165) is 22.5 Å². The van der Waals surface area contributed by atoms with Crippen molar-refractivity contribution < 1.29 is 19.1 Å². The molecule has 6 heteroatoms. The molecule has 0 unspecified atom stereocenters. The summed E-state index contributed by atoms with van der Waals surface area (Å²) in [6.07, 6.45) is 0.197. The van der Waals surface area contributed by atoms with Crippen molar-refractivity contribution in [2.24, 2.45) is 0 Å². The van der Waals surface area contributed by atoms with E-state index in [1.807, 2.05) is 60.7 Å². The second-order valence-electron chi connectivity index (χ2n) is 7.16. The molecule has 5 nitrogen and oxygen atoms in total. The summed E-state index contributed by atoms with van der Waals surface area (Å²) in [7, 11) is 0. The van der Waals surface area contributed by atoms with Gasteiger partial charge in [-0.05, 0) is 37.5 Å². The van der Waals surface area contributed by atoms with E-state index < -0.39 is 5.97 Å². The Morgan fingerprint density at radius 2 is 1.52 bits per heavy atom. The predicted molar refractivity (Wildman–Crippen MR) is 123 cm³/mol. The molecule has 0 saturated carbocycles. The summed E-state index contributed by atoms with van der Waals surface area (Å²) in [6.45, 7) is 5.07. The minimum atomic E-state index is -0.540. The van der Waals surface area contributed by atoms with E-state index in [-0.39, 0.29) is 36.2 Å². The summed E-state index contributed by atoms with van der Waals surface area (Å²) >= 11 is 1.11. The zero-order valence-corrected chi connectivity index (χ0v) is 18.6. The lowest BCUT2D eigenvalue weighted by molar-refractivity contribution is -0.116. The van der Waals surface area contributed by atoms with Gasteiger partial charge in [0.1, 0.15) is 5.00 Å². The number of ketones is 1. The van der Waals surface area contributed by atoms with Crippen LogP contribution >= 0.6 is 11.3 Å². The molecular formula is C25H25NO4S. The normalized spacial score (nSPS) is 10.7. The molecule has 0 fully saturated rings. The van der Waals surface area contributed by atoms with Crippen LogP contribution in [0.15, 0.2) is 60.7 Å². The molecule has 0 radical (unpaired) electrons. The van der Waals surface area contributed by atoms with Crippen molar-refractivity contribution >= 4 is 34.0 Å². The van der Waals surface area contributed by atoms with Crippen molar-refractivity contribution in [1.29, 1.82) is 0 Å². The highest BCUT2D eigenvalue weighted by atomic mass is 32.1. The average Bonchev–Trinajstić information content (AvgIpc) is 3.09. The molecule has 3 rings (SSSR count). The number of thiophene rings is 1. The van der Waals surface area contributed by atoms with Crippen LogP contribution < -0.4 is 5.32 Å². The second kappa shape index (κ2) is 10.2. The number of Topliss-reactive ketones (excluding diaryl/α,β-unsaturated/α-hetero) is 1. The molecular weight excluding hydrogens is 410 g/mol. The number of ether oxygens (including phenoxy) is 1. The highest BCUT2D eigenvalue weighted by Gasteiger charge is 2.26. The van der Waals surface area contributed by atoms with Crippen LogP contribution in [-0.2, 0) is 9.53 Å². The minimum absolute atomic E-state index is 0.137. The fourth-order valence-electron chi connectivity index (χ4n) is 3.55. The third-order valence-corrected chi connectivity index (χ3v) is 6.30. The van der Waals surface area contributed by atoms with E-state index in [9.17, 15) is 14.4 Å². The van der Waals surface area contributed by atoms with Gasteiger partial charge in [-0.25, -0.2) is 4.79 Å². The van der Waals surface area contributed by atoms with Crippen molar-refractivity contribution in [3.63, 3.8) is 0 Å². The van der Waals surface area contributed by atoms with E-state index >= 15 is 0 Å². The number of benzene rings is 2. The number of carbonyl (C=O) groups excluding carboxylic acids is 3. The molecule has 0 aliphatic heterocycles. The number of hydrogen-bond donors (Lipinski definition) is 1. The molecule has 1 amide bonds. The number of esters is 1. The largest absolute Gasteiger partial charge is 0.462 e. The Hall–Kier alpha value is -3.25. The molecule has 0 bridgehead atoms. The van der Waals surface area contributed by atoms with Gasteiger partial charge in [0.2, 0.25) is 5.91 Å². The molecule has 1 N–H and O–H groups in total. The molecule has 0 atom stereocenters. The summed E-state index contributed by atoms with van der Waals surface area (Å²) in [5.41, 5.74) is 2.85. The molecule has 0 saturated heterocycles. The summed E-state index contributed by atoms with van der Waals surface area (Å²) in [4.78, 5) is 38.0. The first-order valence-corrected chi connectivity index (χ1v) is 10.9. The maximum atomic E-state index is 13.1. The van der Waals surface area contributed by atoms with Crippen LogP contribution in [0.4, 0.5) is 5.00 Å². The number of amides is 1. The third-order valence-electron chi connectivity index (χ3n) is 4.99. The molecule has 31 heavy (non-hydrogen) atoms. The number of nitrogens with one attached hydrogen (secondary N) is 1. The van der Waals surface area contributed by atoms with Crippen LogP contribution in [0, 0.1) is 6.92 Å². The lowest BCUT2D eigenvalue weighted by atomic mass is 9.88. The fraction of sp³-hybridized carbons (Fsp3) is 0.240. The lowest BCUT2D eigenvalue weighted by Gasteiger charge is -2.18. The van der Waals surface area contributed by atoms with Gasteiger partial charge in [-0.15, -0.1) is 11.3 Å². The van der Waals surface area contributed by atoms with Gasteiger partial charge in [0.25, 0.3) is 0 Å². The van der Waals surface area contributed by atoms with Gasteiger partial charge < -0.3 is 10.1 Å². The fourth-order valence-corrected chi connectivity index (χ4v) is 4.65. The maximum Gasteiger partial charge on any atom is 0.341 e. The van der Waals surface area contributed by atoms with E-state index in [2.05, 4.69) is 5.32 Å². The van der Waals surface area contributed by atoms with Crippen molar-refractivity contribution in [3.8, 4) is 0 Å². The summed E-state index contributed by atoms with van der Waals surface area (Å²) in [6, 6.07) is 19.7. The molecule has 0 aliphatic rings. The van der Waals surface area contributed by atoms with E-state index in [0.29, 0.717) is 15.4 Å². The number of anilines is 1. The quantitative estimate of drug-likeness (QED) is 0.369. The van der Waals surface area contributed by atoms with Crippen molar-refractivity contribution in [1.82, 2.24) is 0 Å². The Morgan fingerprint density at radius 3 is 2.00 bits per heavy atom. The highest BCUT2D eigenvalue weighted by molar-refractivity contribution is 7.18. The highest BCUT2D eigenvalue weighted by Crippen LogP contribution is 2.35. The minimum Gasteiger partial charge on any atom is -0.462 e. The standard InChI is InChI=1S/C25H25NO4S/c1-4-30-25(29)22-16(2)23(17(3)27)31-24(22)26-21(28)15-20(18-11-7-5-8-12-18)19-13-9-6-10-14-19/h5-14,20H,4,15H2,1-3H3,(H,26,28). The van der Waals surface area contributed by atoms with E-state index in [1.165, 1.54) is 6.92 Å². The van der Waals surface area contributed by atoms with Crippen LogP contribution in [-0.4, -0.2) is 24.3 Å². The first-order valence-electron chi connectivity index (χ1n) is 10.1. The molecule has 2 aromatic carbocycles. The smallest absolute Gasteiger partial charge is 0.341 e. The van der Waals surface area contributed by atoms with Gasteiger partial charge in [0, 0.05) is 12.3 Å². The maximum absolute atomic E-state index is 13.1. The van der Waals surface area contributed by atoms with Crippen molar-refractivity contribution in [3.05, 3.63) is 87.8 Å². The first kappa shape index (κ1) is 22.4. The zero-order valence-electron chi connectivity index (χ0n) is 17.8. The first-order chi connectivity index (χ1) is 14.9. The molecule has 1 aromatic heterocycles. The Balaban J connectivity index is 1.90. The molecule has 160 valence electrons. The summed E-state index contributed by atoms with van der Waals surface area (Å²) in [5.74, 6) is -1.07. The average molecular weight is 436 g/mol. The van der Waals surface area contributed by atoms with Crippen LogP contribution in [0.25, 0.3) is 0 Å². The molecule has 1 heterocycles. The van der Waals surface area contributed by atoms with E-state index in [4.69, 9.17) is 4.74 Å². The van der Waals surface area contributed by atoms with Gasteiger partial charge in [0.15, 0.2) is 5.78 Å². The summed E-state index contributed by atoms with van der Waals surface area (Å²) < 4.78 is 5.15. The van der Waals surface area contributed by atoms with Gasteiger partial charge >= 0.3 is 5.97 Å². The van der Waals surface area contributed by atoms with Gasteiger partial charge in [-0.1, -0.05) is 60.7 Å². The second-order valence-corrected chi connectivity index (χ2v) is 8.18. The topological polar surface area (TPSA) is 72.5 Å². The molecule has 0 aliphatic carbocycles. The van der Waals surface area contributed by atoms with Crippen LogP contribution in [0.5, 0.6) is 0 Å². The zero-order chi connectivity index (χ0) is 22.4. The van der Waals surface area contributed by atoms with Crippen molar-refractivity contribution in [2.75, 3.05) is 11.9 Å². The molecule has 3 aromatic rings. The third kappa shape index (κ3) is 5.27.